The molecule has 2 heterocycles. The summed E-state index contributed by atoms with van der Waals surface area (Å²) in [5, 5.41) is 9.47. The van der Waals surface area contributed by atoms with Gasteiger partial charge in [-0.3, -0.25) is 4.90 Å². The van der Waals surface area contributed by atoms with E-state index in [4.69, 9.17) is 4.74 Å². The lowest BCUT2D eigenvalue weighted by atomic mass is 10.1. The number of carboxylic acids is 1. The van der Waals surface area contributed by atoms with Crippen molar-refractivity contribution >= 4 is 33.7 Å². The number of carboxylic acid groups (broad SMARTS) is 1. The molecule has 2 rings (SSSR count). The van der Waals surface area contributed by atoms with Crippen molar-refractivity contribution in [2.75, 3.05) is 24.5 Å². The Kier molecular flexibility index (Phi) is 5.13. The molecule has 0 unspecified atom stereocenters. The van der Waals surface area contributed by atoms with Crippen molar-refractivity contribution in [1.29, 1.82) is 0 Å². The van der Waals surface area contributed by atoms with Gasteiger partial charge >= 0.3 is 12.1 Å². The number of piperazine rings is 1. The lowest BCUT2D eigenvalue weighted by Gasteiger charge is -2.40. The molecule has 1 amide bonds. The van der Waals surface area contributed by atoms with E-state index >= 15 is 0 Å². The van der Waals surface area contributed by atoms with E-state index < -0.39 is 23.7 Å². The van der Waals surface area contributed by atoms with E-state index in [-0.39, 0.29) is 13.1 Å². The monoisotopic (exact) mass is 385 g/mol. The van der Waals surface area contributed by atoms with E-state index in [1.54, 1.807) is 33.0 Å². The molecule has 1 N–H and O–H groups in total. The van der Waals surface area contributed by atoms with Gasteiger partial charge in [0.1, 0.15) is 16.2 Å². The van der Waals surface area contributed by atoms with Crippen LogP contribution >= 0.6 is 15.9 Å². The number of anilines is 1. The van der Waals surface area contributed by atoms with Crippen molar-refractivity contribution in [2.45, 2.75) is 32.4 Å². The fourth-order valence-corrected chi connectivity index (χ4v) is 2.56. The molecule has 126 valence electrons. The molecular formula is C15H20BrN3O4. The summed E-state index contributed by atoms with van der Waals surface area (Å²) >= 11 is 3.27. The maximum absolute atomic E-state index is 12.2. The van der Waals surface area contributed by atoms with E-state index in [2.05, 4.69) is 20.9 Å². The average Bonchev–Trinajstić information content (AvgIpc) is 2.45. The molecule has 1 aliphatic rings. The van der Waals surface area contributed by atoms with Crippen LogP contribution in [0.4, 0.5) is 10.5 Å². The first kappa shape index (κ1) is 17.5. The number of hydrogen-bond acceptors (Lipinski definition) is 5. The van der Waals surface area contributed by atoms with Crippen molar-refractivity contribution < 1.29 is 19.4 Å². The summed E-state index contributed by atoms with van der Waals surface area (Å²) in [5.74, 6) is -1.05. The highest BCUT2D eigenvalue weighted by molar-refractivity contribution is 9.10. The molecular weight excluding hydrogens is 366 g/mol. The third-order valence-electron chi connectivity index (χ3n) is 3.37. The molecule has 0 saturated carbocycles. The number of rotatable bonds is 2. The highest BCUT2D eigenvalue weighted by atomic mass is 79.9. The third-order valence-corrected chi connectivity index (χ3v) is 3.84. The Hall–Kier alpha value is -1.83. The fourth-order valence-electron chi connectivity index (χ4n) is 2.32. The van der Waals surface area contributed by atoms with Gasteiger partial charge in [0.2, 0.25) is 0 Å². The SMILES string of the molecule is CC(C)(C)OC(=O)N1CCN(c2ccc(Br)nc2)C[C@H]1C(=O)O. The van der Waals surface area contributed by atoms with Gasteiger partial charge in [-0.25, -0.2) is 14.6 Å². The number of carbonyl (C=O) groups excluding carboxylic acids is 1. The summed E-state index contributed by atoms with van der Waals surface area (Å²) in [6, 6.07) is 2.70. The molecule has 1 aliphatic heterocycles. The second-order valence-electron chi connectivity index (χ2n) is 6.31. The molecule has 7 nitrogen and oxygen atoms in total. The summed E-state index contributed by atoms with van der Waals surface area (Å²) in [7, 11) is 0. The molecule has 0 bridgehead atoms. The van der Waals surface area contributed by atoms with Crippen LogP contribution in [0.1, 0.15) is 20.8 Å². The lowest BCUT2D eigenvalue weighted by molar-refractivity contribution is -0.143. The topological polar surface area (TPSA) is 83.0 Å². The van der Waals surface area contributed by atoms with Crippen LogP contribution in [0.15, 0.2) is 22.9 Å². The van der Waals surface area contributed by atoms with Crippen LogP contribution in [0.5, 0.6) is 0 Å². The molecule has 1 saturated heterocycles. The molecule has 0 radical (unpaired) electrons. The van der Waals surface area contributed by atoms with Crippen LogP contribution in [-0.4, -0.2) is 58.3 Å². The molecule has 0 aliphatic carbocycles. The maximum atomic E-state index is 12.2. The smallest absolute Gasteiger partial charge is 0.411 e. The van der Waals surface area contributed by atoms with Crippen LogP contribution < -0.4 is 4.90 Å². The van der Waals surface area contributed by atoms with E-state index in [0.717, 1.165) is 5.69 Å². The van der Waals surface area contributed by atoms with E-state index in [9.17, 15) is 14.7 Å². The van der Waals surface area contributed by atoms with Crippen molar-refractivity contribution in [3.05, 3.63) is 22.9 Å². The molecule has 0 aromatic carbocycles. The summed E-state index contributed by atoms with van der Waals surface area (Å²) in [6.07, 6.45) is 1.07. The standard InChI is InChI=1S/C15H20BrN3O4/c1-15(2,3)23-14(22)19-7-6-18(9-11(19)13(20)21)10-4-5-12(16)17-8-10/h4-5,8,11H,6-7,9H2,1-3H3,(H,20,21)/t11-/m0/s1. The molecule has 8 heteroatoms. The van der Waals surface area contributed by atoms with Crippen LogP contribution in [0.3, 0.4) is 0 Å². The number of ether oxygens (including phenoxy) is 1. The number of aliphatic carboxylic acids is 1. The van der Waals surface area contributed by atoms with Crippen LogP contribution in [-0.2, 0) is 9.53 Å². The van der Waals surface area contributed by atoms with Gasteiger partial charge in [-0.2, -0.15) is 0 Å². The Balaban J connectivity index is 2.13. The first-order chi connectivity index (χ1) is 10.7. The van der Waals surface area contributed by atoms with Gasteiger partial charge < -0.3 is 14.7 Å². The average molecular weight is 386 g/mol. The number of nitrogens with zero attached hydrogens (tertiary/aromatic N) is 3. The Bertz CT molecular complexity index is 585. The predicted molar refractivity (Wildman–Crippen MR) is 88.5 cm³/mol. The van der Waals surface area contributed by atoms with Crippen molar-refractivity contribution in [3.8, 4) is 0 Å². The number of amides is 1. The van der Waals surface area contributed by atoms with Gasteiger partial charge in [-0.1, -0.05) is 0 Å². The minimum Gasteiger partial charge on any atom is -0.480 e. The van der Waals surface area contributed by atoms with E-state index in [1.165, 1.54) is 4.90 Å². The van der Waals surface area contributed by atoms with Gasteiger partial charge in [0.25, 0.3) is 0 Å². The van der Waals surface area contributed by atoms with Crippen molar-refractivity contribution in [1.82, 2.24) is 9.88 Å². The number of pyridine rings is 1. The molecule has 0 spiro atoms. The Morgan fingerprint density at radius 2 is 2.04 bits per heavy atom. The molecule has 1 fully saturated rings. The summed E-state index contributed by atoms with van der Waals surface area (Å²) in [6.45, 7) is 6.26. The van der Waals surface area contributed by atoms with Gasteiger partial charge in [0, 0.05) is 19.6 Å². The lowest BCUT2D eigenvalue weighted by Crippen LogP contribution is -2.59. The summed E-state index contributed by atoms with van der Waals surface area (Å²) < 4.78 is 6.01. The maximum Gasteiger partial charge on any atom is 0.411 e. The van der Waals surface area contributed by atoms with Crippen LogP contribution in [0, 0.1) is 0 Å². The van der Waals surface area contributed by atoms with E-state index in [0.29, 0.717) is 11.1 Å². The van der Waals surface area contributed by atoms with Gasteiger partial charge in [-0.15, -0.1) is 0 Å². The second kappa shape index (κ2) is 6.74. The zero-order chi connectivity index (χ0) is 17.2. The van der Waals surface area contributed by atoms with Gasteiger partial charge in [0.05, 0.1) is 11.9 Å². The minimum absolute atomic E-state index is 0.192. The zero-order valence-electron chi connectivity index (χ0n) is 13.3. The zero-order valence-corrected chi connectivity index (χ0v) is 14.9. The number of halogens is 1. The molecule has 1 aromatic heterocycles. The number of hydrogen-bond donors (Lipinski definition) is 1. The largest absolute Gasteiger partial charge is 0.480 e. The highest BCUT2D eigenvalue weighted by Gasteiger charge is 2.37. The fraction of sp³-hybridized carbons (Fsp3) is 0.533. The van der Waals surface area contributed by atoms with Crippen molar-refractivity contribution in [3.63, 3.8) is 0 Å². The Morgan fingerprint density at radius 3 is 2.57 bits per heavy atom. The highest BCUT2D eigenvalue weighted by Crippen LogP contribution is 2.22. The summed E-state index contributed by atoms with van der Waals surface area (Å²) in [5.41, 5.74) is 0.163. The Labute approximate surface area is 143 Å². The van der Waals surface area contributed by atoms with Crippen LogP contribution in [0.25, 0.3) is 0 Å². The first-order valence-corrected chi connectivity index (χ1v) is 8.05. The van der Waals surface area contributed by atoms with Gasteiger partial charge in [0.15, 0.2) is 0 Å². The summed E-state index contributed by atoms with van der Waals surface area (Å²) in [4.78, 5) is 31.1. The van der Waals surface area contributed by atoms with Crippen LogP contribution in [0.2, 0.25) is 0 Å². The predicted octanol–water partition coefficient (Wildman–Crippen LogP) is 2.35. The first-order valence-electron chi connectivity index (χ1n) is 7.26. The Morgan fingerprint density at radius 1 is 1.35 bits per heavy atom. The quantitative estimate of drug-likeness (QED) is 0.786. The molecule has 23 heavy (non-hydrogen) atoms. The minimum atomic E-state index is -1.05. The normalized spacial score (nSPS) is 18.7. The molecule has 1 atom stereocenters. The number of carbonyl (C=O) groups is 2. The number of aromatic nitrogens is 1. The van der Waals surface area contributed by atoms with Gasteiger partial charge in [-0.05, 0) is 48.8 Å². The second-order valence-corrected chi connectivity index (χ2v) is 7.13. The molecule has 1 aromatic rings. The van der Waals surface area contributed by atoms with E-state index in [1.807, 2.05) is 11.0 Å². The van der Waals surface area contributed by atoms with Crippen molar-refractivity contribution in [2.24, 2.45) is 0 Å². The third kappa shape index (κ3) is 4.57.